The van der Waals surface area contributed by atoms with Gasteiger partial charge in [0.2, 0.25) is 11.8 Å². The lowest BCUT2D eigenvalue weighted by Gasteiger charge is -2.26. The molecule has 0 spiro atoms. The van der Waals surface area contributed by atoms with E-state index in [1.165, 1.54) is 11.1 Å². The monoisotopic (exact) mass is 386 g/mol. The molecule has 6 N–H and O–H groups in total. The van der Waals surface area contributed by atoms with Crippen LogP contribution in [-0.4, -0.2) is 50.9 Å². The van der Waals surface area contributed by atoms with Crippen molar-refractivity contribution in [3.63, 3.8) is 0 Å². The Morgan fingerprint density at radius 3 is 2.48 bits per heavy atom. The number of rotatable bonds is 3. The first-order chi connectivity index (χ1) is 12.7. The summed E-state index contributed by atoms with van der Waals surface area (Å²) in [6.45, 7) is 1.36. The van der Waals surface area contributed by atoms with E-state index in [2.05, 4.69) is 37.9 Å². The lowest BCUT2D eigenvalue weighted by molar-refractivity contribution is -0.192. The second-order valence-electron chi connectivity index (χ2n) is 5.61. The number of hydrogen-bond donors (Lipinski definition) is 5. The molecule has 0 saturated heterocycles. The molecule has 0 unspecified atom stereocenters. The van der Waals surface area contributed by atoms with Gasteiger partial charge >= 0.3 is 12.1 Å². The van der Waals surface area contributed by atoms with Gasteiger partial charge in [0, 0.05) is 19.1 Å². The molecular formula is C15H17F3N6O3. The second kappa shape index (κ2) is 8.49. The summed E-state index contributed by atoms with van der Waals surface area (Å²) in [5.74, 6) is -2.85. The lowest BCUT2D eigenvalue weighted by Crippen LogP contribution is -2.44. The number of nitrogens with two attached hydrogens (primary N) is 1. The number of anilines is 1. The number of alkyl halides is 3. The summed E-state index contributed by atoms with van der Waals surface area (Å²) < 4.78 is 31.7. The Labute approximate surface area is 151 Å². The number of nitrogens with one attached hydrogen (secondary N) is 3. The maximum atomic E-state index is 11.8. The number of carbonyl (C=O) groups excluding carboxylic acids is 1. The molecule has 1 aliphatic heterocycles. The predicted molar refractivity (Wildman–Crippen MR) is 87.6 cm³/mol. The maximum absolute atomic E-state index is 11.8. The smallest absolute Gasteiger partial charge is 0.475 e. The molecule has 2 aromatic rings. The van der Waals surface area contributed by atoms with Gasteiger partial charge in [0.25, 0.3) is 5.91 Å². The van der Waals surface area contributed by atoms with E-state index in [9.17, 15) is 18.0 Å². The summed E-state index contributed by atoms with van der Waals surface area (Å²) in [6.07, 6.45) is -4.19. The van der Waals surface area contributed by atoms with Crippen LogP contribution in [0.3, 0.4) is 0 Å². The number of benzene rings is 1. The van der Waals surface area contributed by atoms with E-state index in [1.807, 2.05) is 12.1 Å². The minimum Gasteiger partial charge on any atom is -0.475 e. The summed E-state index contributed by atoms with van der Waals surface area (Å²) >= 11 is 0. The number of amides is 1. The molecule has 146 valence electrons. The molecule has 0 radical (unpaired) electrons. The van der Waals surface area contributed by atoms with E-state index in [0.717, 1.165) is 13.0 Å². The van der Waals surface area contributed by atoms with Gasteiger partial charge in [-0.05, 0) is 17.5 Å². The lowest BCUT2D eigenvalue weighted by atomic mass is 9.96. The number of carbonyl (C=O) groups is 2. The number of hydrogen-bond acceptors (Lipinski definition) is 6. The minimum atomic E-state index is -5.08. The third kappa shape index (κ3) is 5.95. The zero-order valence-electron chi connectivity index (χ0n) is 13.9. The van der Waals surface area contributed by atoms with Crippen LogP contribution in [0.15, 0.2) is 24.3 Å². The SMILES string of the molecule is Nc1n[nH]c(C(=O)NC[C@@H]2Cc3ccccc3CN2)n1.O=C(O)C(F)(F)F. The number of aromatic amines is 1. The Hall–Kier alpha value is -3.15. The zero-order valence-corrected chi connectivity index (χ0v) is 13.9. The number of fused-ring (bicyclic) bond motifs is 1. The average Bonchev–Trinajstić information content (AvgIpc) is 3.06. The van der Waals surface area contributed by atoms with E-state index >= 15 is 0 Å². The van der Waals surface area contributed by atoms with Gasteiger partial charge in [-0.25, -0.2) is 4.79 Å². The molecular weight excluding hydrogens is 369 g/mol. The standard InChI is InChI=1S/C13H16N6O.C2HF3O2/c14-13-17-11(18-19-13)12(20)16-7-10-5-8-3-1-2-4-9(8)6-15-10;3-2(4,5)1(6)7/h1-4,10,15H,5-7H2,(H,16,20)(H3,14,17,18,19);(H,6,7)/t10-;/m0./s1. The van der Waals surface area contributed by atoms with Crippen LogP contribution >= 0.6 is 0 Å². The quantitative estimate of drug-likeness (QED) is 0.515. The largest absolute Gasteiger partial charge is 0.490 e. The van der Waals surface area contributed by atoms with Crippen molar-refractivity contribution in [2.75, 3.05) is 12.3 Å². The topological polar surface area (TPSA) is 146 Å². The van der Waals surface area contributed by atoms with Gasteiger partial charge < -0.3 is 21.5 Å². The van der Waals surface area contributed by atoms with Crippen LogP contribution in [-0.2, 0) is 17.8 Å². The van der Waals surface area contributed by atoms with Crippen molar-refractivity contribution in [1.82, 2.24) is 25.8 Å². The predicted octanol–water partition coefficient (Wildman–Crippen LogP) is 0.464. The van der Waals surface area contributed by atoms with Crippen LogP contribution < -0.4 is 16.4 Å². The zero-order chi connectivity index (χ0) is 20.0. The molecule has 0 bridgehead atoms. The molecule has 9 nitrogen and oxygen atoms in total. The number of H-pyrrole nitrogens is 1. The van der Waals surface area contributed by atoms with Crippen LogP contribution in [0.4, 0.5) is 19.1 Å². The molecule has 27 heavy (non-hydrogen) atoms. The highest BCUT2D eigenvalue weighted by molar-refractivity contribution is 5.90. The van der Waals surface area contributed by atoms with Crippen LogP contribution in [0.5, 0.6) is 0 Å². The Kier molecular flexibility index (Phi) is 6.34. The van der Waals surface area contributed by atoms with Gasteiger partial charge in [-0.1, -0.05) is 24.3 Å². The number of aliphatic carboxylic acids is 1. The van der Waals surface area contributed by atoms with Crippen molar-refractivity contribution in [2.24, 2.45) is 0 Å². The molecule has 0 saturated carbocycles. The Morgan fingerprint density at radius 2 is 1.93 bits per heavy atom. The fourth-order valence-corrected chi connectivity index (χ4v) is 2.34. The number of aromatic nitrogens is 3. The number of halogens is 3. The minimum absolute atomic E-state index is 0.0693. The van der Waals surface area contributed by atoms with Gasteiger partial charge in [0.1, 0.15) is 0 Å². The van der Waals surface area contributed by atoms with Crippen molar-refractivity contribution >= 4 is 17.8 Å². The van der Waals surface area contributed by atoms with E-state index < -0.39 is 12.1 Å². The van der Waals surface area contributed by atoms with Crippen LogP contribution in [0.1, 0.15) is 21.7 Å². The number of carboxylic acids is 1. The molecule has 1 amide bonds. The highest BCUT2D eigenvalue weighted by Crippen LogP contribution is 2.15. The normalized spacial score (nSPS) is 15.9. The highest BCUT2D eigenvalue weighted by Gasteiger charge is 2.38. The van der Waals surface area contributed by atoms with E-state index in [4.69, 9.17) is 15.6 Å². The number of nitrogens with zero attached hydrogens (tertiary/aromatic N) is 2. The van der Waals surface area contributed by atoms with Crippen LogP contribution in [0, 0.1) is 0 Å². The number of carboxylic acid groups (broad SMARTS) is 1. The molecule has 2 heterocycles. The molecule has 0 fully saturated rings. The summed E-state index contributed by atoms with van der Waals surface area (Å²) in [7, 11) is 0. The van der Waals surface area contributed by atoms with Gasteiger partial charge in [0.15, 0.2) is 0 Å². The first kappa shape index (κ1) is 20.2. The third-order valence-electron chi connectivity index (χ3n) is 3.64. The van der Waals surface area contributed by atoms with Crippen molar-refractivity contribution in [1.29, 1.82) is 0 Å². The fourth-order valence-electron chi connectivity index (χ4n) is 2.34. The molecule has 12 heteroatoms. The molecule has 1 atom stereocenters. The van der Waals surface area contributed by atoms with Crippen molar-refractivity contribution in [3.05, 3.63) is 41.2 Å². The molecule has 1 aliphatic rings. The van der Waals surface area contributed by atoms with Crippen molar-refractivity contribution in [2.45, 2.75) is 25.2 Å². The van der Waals surface area contributed by atoms with Gasteiger partial charge in [-0.2, -0.15) is 18.2 Å². The Morgan fingerprint density at radius 1 is 1.30 bits per heavy atom. The molecule has 1 aromatic carbocycles. The summed E-state index contributed by atoms with van der Waals surface area (Å²) in [4.78, 5) is 24.5. The first-order valence-electron chi connectivity index (χ1n) is 7.73. The van der Waals surface area contributed by atoms with Gasteiger partial charge in [-0.3, -0.25) is 9.89 Å². The molecule has 3 rings (SSSR count). The Balaban J connectivity index is 0.000000321. The maximum Gasteiger partial charge on any atom is 0.490 e. The third-order valence-corrected chi connectivity index (χ3v) is 3.64. The van der Waals surface area contributed by atoms with E-state index in [1.54, 1.807) is 0 Å². The summed E-state index contributed by atoms with van der Waals surface area (Å²) in [5, 5.41) is 19.5. The van der Waals surface area contributed by atoms with Gasteiger partial charge in [-0.15, -0.1) is 5.10 Å². The summed E-state index contributed by atoms with van der Waals surface area (Å²) in [6, 6.07) is 8.54. The molecule has 0 aliphatic carbocycles. The number of nitrogen functional groups attached to an aromatic ring is 1. The van der Waals surface area contributed by atoms with Crippen LogP contribution in [0.25, 0.3) is 0 Å². The second-order valence-corrected chi connectivity index (χ2v) is 5.61. The molecule has 1 aromatic heterocycles. The van der Waals surface area contributed by atoms with Gasteiger partial charge in [0.05, 0.1) is 0 Å². The highest BCUT2D eigenvalue weighted by atomic mass is 19.4. The fraction of sp³-hybridized carbons (Fsp3) is 0.333. The first-order valence-corrected chi connectivity index (χ1v) is 7.73. The Bertz CT molecular complexity index is 808. The summed E-state index contributed by atoms with van der Waals surface area (Å²) in [5.41, 5.74) is 8.01. The van der Waals surface area contributed by atoms with E-state index in [-0.39, 0.29) is 23.7 Å². The van der Waals surface area contributed by atoms with Crippen molar-refractivity contribution in [3.8, 4) is 0 Å². The average molecular weight is 386 g/mol. The van der Waals surface area contributed by atoms with Crippen molar-refractivity contribution < 1.29 is 27.9 Å². The van der Waals surface area contributed by atoms with Crippen LogP contribution in [0.2, 0.25) is 0 Å². The van der Waals surface area contributed by atoms with E-state index in [0.29, 0.717) is 6.54 Å².